The van der Waals surface area contributed by atoms with Gasteiger partial charge in [-0.15, -0.1) is 0 Å². The lowest BCUT2D eigenvalue weighted by molar-refractivity contribution is -0.0362. The summed E-state index contributed by atoms with van der Waals surface area (Å²) in [6.45, 7) is 5.38. The van der Waals surface area contributed by atoms with Crippen LogP contribution in [0.25, 0.3) is 0 Å². The van der Waals surface area contributed by atoms with Gasteiger partial charge in [0.2, 0.25) is 0 Å². The van der Waals surface area contributed by atoms with E-state index in [4.69, 9.17) is 54.4 Å². The van der Waals surface area contributed by atoms with E-state index in [2.05, 4.69) is 40.6 Å². The number of hydrogen-bond donors (Lipinski definition) is 9. The Hall–Kier alpha value is -2.39. The first-order valence-corrected chi connectivity index (χ1v) is 25.6. The van der Waals surface area contributed by atoms with E-state index < -0.39 is 78.5 Å². The van der Waals surface area contributed by atoms with Crippen LogP contribution in [0.4, 0.5) is 9.59 Å². The number of rotatable bonds is 31. The highest BCUT2D eigenvalue weighted by Gasteiger charge is 2.44. The van der Waals surface area contributed by atoms with Gasteiger partial charge in [0.25, 0.3) is 5.56 Å². The molecular weight excluding hydrogens is 949 g/mol. The Bertz CT molecular complexity index is 1900. The molecule has 1 aromatic heterocycles. The van der Waals surface area contributed by atoms with Crippen LogP contribution in [-0.2, 0) is 60.0 Å². The number of ether oxygens (including phenoxy) is 7. The molecule has 0 aromatic carbocycles. The maximum Gasteiger partial charge on any atom is 0.490 e. The van der Waals surface area contributed by atoms with Crippen molar-refractivity contribution in [3.8, 4) is 11.8 Å². The van der Waals surface area contributed by atoms with Crippen molar-refractivity contribution in [1.29, 1.82) is 0 Å². The lowest BCUT2D eigenvalue weighted by atomic mass is 10.1. The Morgan fingerprint density at radius 2 is 1.62 bits per heavy atom. The van der Waals surface area contributed by atoms with Crippen LogP contribution in [0.5, 0.6) is 0 Å². The molecule has 0 radical (unpaired) electrons. The molecular formula is C31H55N6O21P3S2. The molecule has 2 amide bonds. The molecule has 2 heterocycles. The number of phosphoric ester groups is 1. The number of nitrogens with one attached hydrogen (secondary N) is 3. The third-order valence-electron chi connectivity index (χ3n) is 7.62. The van der Waals surface area contributed by atoms with E-state index in [1.54, 1.807) is 10.8 Å². The van der Waals surface area contributed by atoms with Gasteiger partial charge in [-0.25, -0.2) is 28.1 Å². The summed E-state index contributed by atoms with van der Waals surface area (Å²) >= 11 is 0. The van der Waals surface area contributed by atoms with E-state index in [1.807, 2.05) is 13.8 Å². The SMILES string of the molecule is CC(C)(CCOC(=O)NCCOCCOCCN)SSCOCCCCOC(=O)NCC#Cc1cn(C2CO[C@H](COP(=O)(O)OP(=O)(O)OP(=O)(O)O)[C@H]2OCN)c(=O)[nH]c1=O. The average Bonchev–Trinajstić information content (AvgIpc) is 3.57. The fourth-order valence-electron chi connectivity index (χ4n) is 4.83. The minimum atomic E-state index is -5.78. The number of unbranched alkanes of at least 4 members (excludes halogenated alkanes) is 1. The predicted octanol–water partition coefficient (Wildman–Crippen LogP) is 0.221. The van der Waals surface area contributed by atoms with Gasteiger partial charge in [-0.05, 0) is 33.1 Å². The molecule has 1 aliphatic heterocycles. The summed E-state index contributed by atoms with van der Waals surface area (Å²) in [5, 5.41) is 5.04. The van der Waals surface area contributed by atoms with Gasteiger partial charge in [-0.1, -0.05) is 33.4 Å². The summed E-state index contributed by atoms with van der Waals surface area (Å²) in [6.07, 6.45) is -0.904. The van der Waals surface area contributed by atoms with E-state index in [0.29, 0.717) is 71.3 Å². The van der Waals surface area contributed by atoms with Crippen molar-refractivity contribution in [2.45, 2.75) is 56.1 Å². The normalized spacial score (nSPS) is 18.4. The Labute approximate surface area is 369 Å². The minimum absolute atomic E-state index is 0.102. The standard InChI is InChI=1S/C31H55N6O21P3S2/c1-31(2,7-13-53-30(41)35-10-15-50-17-16-49-14-8-32)63-62-22-51-11-3-4-12-52-29(40)34-9-5-6-23-18-37(28(39)36-27(23)38)24-19-54-25(26(24)55-21-33)20-56-60(45,46)58-61(47,48)57-59(42,43)44/h18,24-26H,3-4,7-17,19-22,32-33H2,1-2H3,(H,34,40)(H,35,41)(H,45,46)(H,47,48)(H,36,38,39)(H2,42,43,44)/t24?,25-,26+/m1/s1. The smallest absolute Gasteiger partial charge is 0.450 e. The highest BCUT2D eigenvalue weighted by molar-refractivity contribution is 8.77. The Morgan fingerprint density at radius 3 is 2.32 bits per heavy atom. The second-order valence-corrected chi connectivity index (χ2v) is 20.5. The first-order valence-electron chi connectivity index (χ1n) is 18.8. The zero-order valence-corrected chi connectivity index (χ0v) is 38.6. The fraction of sp³-hybridized carbons (Fsp3) is 0.742. The van der Waals surface area contributed by atoms with Gasteiger partial charge in [0.15, 0.2) is 0 Å². The zero-order chi connectivity index (χ0) is 46.9. The molecule has 5 atom stereocenters. The lowest BCUT2D eigenvalue weighted by Crippen LogP contribution is -2.41. The van der Waals surface area contributed by atoms with Crippen molar-refractivity contribution in [2.24, 2.45) is 11.5 Å². The van der Waals surface area contributed by atoms with Crippen LogP contribution in [0, 0.1) is 11.8 Å². The quantitative estimate of drug-likeness (QED) is 0.0158. The number of aromatic nitrogens is 2. The van der Waals surface area contributed by atoms with Crippen molar-refractivity contribution in [1.82, 2.24) is 20.2 Å². The van der Waals surface area contributed by atoms with E-state index in [0.717, 1.165) is 10.8 Å². The third kappa shape index (κ3) is 25.2. The summed E-state index contributed by atoms with van der Waals surface area (Å²) in [7, 11) is -13.8. The summed E-state index contributed by atoms with van der Waals surface area (Å²) in [5.74, 6) is 5.52. The molecule has 1 fully saturated rings. The number of carbonyl (C=O) groups is 2. The fourth-order valence-corrected chi connectivity index (χ4v) is 10.1. The Morgan fingerprint density at radius 1 is 0.937 bits per heavy atom. The van der Waals surface area contributed by atoms with Gasteiger partial charge in [0.1, 0.15) is 23.7 Å². The first-order chi connectivity index (χ1) is 29.7. The summed E-state index contributed by atoms with van der Waals surface area (Å²) in [4.78, 5) is 87.8. The van der Waals surface area contributed by atoms with E-state index in [-0.39, 0.29) is 36.7 Å². The summed E-state index contributed by atoms with van der Waals surface area (Å²) in [6, 6.07) is -1.04. The highest BCUT2D eigenvalue weighted by Crippen LogP contribution is 2.66. The molecule has 362 valence electrons. The Balaban J connectivity index is 1.68. The molecule has 1 saturated heterocycles. The average molecular weight is 1000 g/mol. The molecule has 3 unspecified atom stereocenters. The number of nitrogens with zero attached hydrogens (tertiary/aromatic N) is 1. The number of nitrogens with two attached hydrogens (primary N) is 2. The molecule has 1 aliphatic rings. The number of amides is 2. The maximum atomic E-state index is 12.7. The van der Waals surface area contributed by atoms with Crippen molar-refractivity contribution >= 4 is 57.2 Å². The van der Waals surface area contributed by atoms with Crippen molar-refractivity contribution < 1.29 is 89.2 Å². The third-order valence-corrected chi connectivity index (χ3v) is 14.5. The molecule has 27 nitrogen and oxygen atoms in total. The molecule has 63 heavy (non-hydrogen) atoms. The molecule has 2 rings (SSSR count). The van der Waals surface area contributed by atoms with Crippen LogP contribution in [0.15, 0.2) is 15.8 Å². The number of phosphoric acid groups is 3. The van der Waals surface area contributed by atoms with Crippen molar-refractivity contribution in [3.05, 3.63) is 32.6 Å². The number of carbonyl (C=O) groups excluding carboxylic acids is 2. The number of alkyl carbamates (subject to hydrolysis) is 2. The van der Waals surface area contributed by atoms with E-state index >= 15 is 0 Å². The minimum Gasteiger partial charge on any atom is -0.450 e. The van der Waals surface area contributed by atoms with E-state index in [1.165, 1.54) is 10.8 Å². The first kappa shape index (κ1) is 56.7. The van der Waals surface area contributed by atoms with Crippen LogP contribution >= 0.6 is 45.1 Å². The van der Waals surface area contributed by atoms with Gasteiger partial charge in [-0.2, -0.15) is 8.62 Å². The topological polar surface area (TPSA) is 390 Å². The van der Waals surface area contributed by atoms with Crippen LogP contribution < -0.4 is 33.3 Å². The van der Waals surface area contributed by atoms with Gasteiger partial charge in [0.05, 0.1) is 72.2 Å². The van der Waals surface area contributed by atoms with Crippen LogP contribution in [0.3, 0.4) is 0 Å². The zero-order valence-electron chi connectivity index (χ0n) is 34.3. The van der Waals surface area contributed by atoms with Gasteiger partial charge < -0.3 is 74.8 Å². The second-order valence-electron chi connectivity index (χ2n) is 13.1. The number of aromatic amines is 1. The molecule has 0 saturated carbocycles. The molecule has 1 aromatic rings. The highest BCUT2D eigenvalue weighted by atomic mass is 33.1. The molecule has 32 heteroatoms. The largest absolute Gasteiger partial charge is 0.490 e. The Kier molecular flexibility index (Phi) is 26.4. The second kappa shape index (κ2) is 29.3. The number of H-pyrrole nitrogens is 1. The van der Waals surface area contributed by atoms with Gasteiger partial charge >= 0.3 is 41.3 Å². The molecule has 11 N–H and O–H groups in total. The van der Waals surface area contributed by atoms with Crippen molar-refractivity contribution in [2.75, 3.05) is 91.8 Å². The summed E-state index contributed by atoms with van der Waals surface area (Å²) in [5.41, 5.74) is 8.85. The molecule has 0 spiro atoms. The van der Waals surface area contributed by atoms with Gasteiger partial charge in [0, 0.05) is 30.6 Å². The molecule has 0 bridgehead atoms. The monoisotopic (exact) mass is 1000 g/mol. The van der Waals surface area contributed by atoms with Crippen LogP contribution in [-0.4, -0.2) is 150 Å². The summed E-state index contributed by atoms with van der Waals surface area (Å²) < 4.78 is 84.8. The predicted molar refractivity (Wildman–Crippen MR) is 224 cm³/mol. The van der Waals surface area contributed by atoms with Gasteiger partial charge in [-0.3, -0.25) is 18.9 Å². The van der Waals surface area contributed by atoms with Crippen molar-refractivity contribution in [3.63, 3.8) is 0 Å². The molecule has 0 aliphatic carbocycles. The lowest BCUT2D eigenvalue weighted by Gasteiger charge is -2.24. The number of hydrogen-bond acceptors (Lipinski definition) is 21. The van der Waals surface area contributed by atoms with E-state index in [9.17, 15) is 42.7 Å². The maximum absolute atomic E-state index is 12.7. The van der Waals surface area contributed by atoms with Crippen LogP contribution in [0.1, 0.15) is 44.7 Å². The van der Waals surface area contributed by atoms with Crippen LogP contribution in [0.2, 0.25) is 0 Å².